The zero-order chi connectivity index (χ0) is 27.5. The molecule has 0 bridgehead atoms. The van der Waals surface area contributed by atoms with Gasteiger partial charge in [0.15, 0.2) is 0 Å². The van der Waals surface area contributed by atoms with E-state index in [1.54, 1.807) is 13.8 Å². The van der Waals surface area contributed by atoms with E-state index in [-0.39, 0.29) is 17.9 Å². The summed E-state index contributed by atoms with van der Waals surface area (Å²) in [6, 6.07) is 2.52. The number of aliphatic carboxylic acids is 1. The number of oxazole rings is 1. The molecule has 1 aromatic heterocycles. The van der Waals surface area contributed by atoms with Gasteiger partial charge in [-0.25, -0.2) is 9.78 Å². The van der Waals surface area contributed by atoms with E-state index >= 15 is 0 Å². The number of ether oxygens (including phenoxy) is 1. The van der Waals surface area contributed by atoms with E-state index in [4.69, 9.17) is 9.15 Å². The van der Waals surface area contributed by atoms with Crippen LogP contribution in [0.5, 0.6) is 0 Å². The summed E-state index contributed by atoms with van der Waals surface area (Å²) in [4.78, 5) is 27.7. The molecule has 1 aliphatic carbocycles. The van der Waals surface area contributed by atoms with E-state index in [0.717, 1.165) is 18.2 Å². The largest absolute Gasteiger partial charge is 0.480 e. The van der Waals surface area contributed by atoms with Gasteiger partial charge in [-0.05, 0) is 43.4 Å². The normalized spacial score (nSPS) is 19.6. The molecule has 0 aliphatic heterocycles. The zero-order valence-electron chi connectivity index (χ0n) is 19.9. The minimum Gasteiger partial charge on any atom is -0.480 e. The van der Waals surface area contributed by atoms with Crippen LogP contribution in [0.3, 0.4) is 0 Å². The maximum atomic E-state index is 13.6. The maximum absolute atomic E-state index is 13.6. The van der Waals surface area contributed by atoms with Crippen LogP contribution in [0, 0.1) is 11.8 Å². The predicted molar refractivity (Wildman–Crippen MR) is 117 cm³/mol. The monoisotopic (exact) mass is 536 g/mol. The Kier molecular flexibility index (Phi) is 8.56. The van der Waals surface area contributed by atoms with Crippen molar-refractivity contribution in [2.24, 2.45) is 11.8 Å². The van der Waals surface area contributed by atoms with Crippen LogP contribution in [0.2, 0.25) is 0 Å². The number of hydrogen-bond donors (Lipinski definition) is 2. The van der Waals surface area contributed by atoms with Crippen LogP contribution in [0.1, 0.15) is 56.5 Å². The predicted octanol–water partition coefficient (Wildman–Crippen LogP) is 5.68. The number of aromatic nitrogens is 1. The fourth-order valence-electron chi connectivity index (χ4n) is 4.14. The van der Waals surface area contributed by atoms with Gasteiger partial charge in [0, 0.05) is 11.5 Å². The molecule has 1 saturated carbocycles. The molecule has 2 unspecified atom stereocenters. The summed E-state index contributed by atoms with van der Waals surface area (Å²) in [6.45, 7) is 2.66. The lowest BCUT2D eigenvalue weighted by Crippen LogP contribution is -2.47. The minimum absolute atomic E-state index is 0.163. The molecule has 1 amide bonds. The van der Waals surface area contributed by atoms with Crippen LogP contribution in [0.15, 0.2) is 28.7 Å². The maximum Gasteiger partial charge on any atom is 0.451 e. The molecule has 1 heterocycles. The van der Waals surface area contributed by atoms with E-state index < -0.39 is 71.8 Å². The molecule has 7 nitrogen and oxygen atoms in total. The fraction of sp³-hybridized carbons (Fsp3) is 0.542. The summed E-state index contributed by atoms with van der Waals surface area (Å²) in [5.74, 6) is -4.69. The SMILES string of the molecule is CC(C)[C@H](NC(=O)C1CCCC(OCc2nc(-c3cccc(C(F)(F)F)c3)oc2C(F)(F)F)C1)C(=O)O. The van der Waals surface area contributed by atoms with Crippen LogP contribution in [-0.2, 0) is 33.3 Å². The number of nitrogens with zero attached hydrogens (tertiary/aromatic N) is 1. The number of rotatable bonds is 8. The van der Waals surface area contributed by atoms with Crippen molar-refractivity contribution in [1.82, 2.24) is 10.3 Å². The number of halogens is 6. The second kappa shape index (κ2) is 11.1. The van der Waals surface area contributed by atoms with Gasteiger partial charge in [0.2, 0.25) is 17.6 Å². The first kappa shape index (κ1) is 28.5. The number of carboxylic acids is 1. The Balaban J connectivity index is 1.73. The number of benzene rings is 1. The molecular formula is C24H26F6N2O5. The molecule has 1 fully saturated rings. The summed E-state index contributed by atoms with van der Waals surface area (Å²) in [6.07, 6.45) is -8.67. The third-order valence-electron chi connectivity index (χ3n) is 6.07. The van der Waals surface area contributed by atoms with Crippen molar-refractivity contribution in [1.29, 1.82) is 0 Å². The lowest BCUT2D eigenvalue weighted by molar-refractivity contribution is -0.154. The molecule has 0 radical (unpaired) electrons. The highest BCUT2D eigenvalue weighted by molar-refractivity contribution is 5.85. The van der Waals surface area contributed by atoms with Crippen LogP contribution >= 0.6 is 0 Å². The van der Waals surface area contributed by atoms with Crippen LogP contribution in [-0.4, -0.2) is 34.1 Å². The Morgan fingerprint density at radius 3 is 2.46 bits per heavy atom. The van der Waals surface area contributed by atoms with Crippen LogP contribution in [0.25, 0.3) is 11.5 Å². The number of amides is 1. The second-order valence-corrected chi connectivity index (χ2v) is 9.24. The molecule has 1 aromatic carbocycles. The number of hydrogen-bond acceptors (Lipinski definition) is 5. The Morgan fingerprint density at radius 2 is 1.86 bits per heavy atom. The standard InChI is InChI=1S/C24H26F6N2O5/c1-12(2)18(22(34)35)32-20(33)13-5-4-8-16(10-13)36-11-17-19(24(28,29)30)37-21(31-17)14-6-3-7-15(9-14)23(25,26)27/h3,6-7,9,12-13,16,18H,4-5,8,10-11H2,1-2H3,(H,32,33)(H,34,35)/t13?,16?,18-/m0/s1. The van der Waals surface area contributed by atoms with Crippen LogP contribution < -0.4 is 5.32 Å². The average molecular weight is 536 g/mol. The lowest BCUT2D eigenvalue weighted by Gasteiger charge is -2.29. The Bertz CT molecular complexity index is 1110. The molecule has 2 aromatic rings. The molecule has 204 valence electrons. The van der Waals surface area contributed by atoms with Gasteiger partial charge in [-0.1, -0.05) is 26.3 Å². The van der Waals surface area contributed by atoms with E-state index in [9.17, 15) is 41.0 Å². The molecule has 0 spiro atoms. The highest BCUT2D eigenvalue weighted by Crippen LogP contribution is 2.38. The highest BCUT2D eigenvalue weighted by Gasteiger charge is 2.40. The Hall–Kier alpha value is -3.09. The Morgan fingerprint density at radius 1 is 1.16 bits per heavy atom. The van der Waals surface area contributed by atoms with Crippen LogP contribution in [0.4, 0.5) is 26.3 Å². The van der Waals surface area contributed by atoms with Gasteiger partial charge >= 0.3 is 18.3 Å². The lowest BCUT2D eigenvalue weighted by atomic mass is 9.86. The molecule has 37 heavy (non-hydrogen) atoms. The van der Waals surface area contributed by atoms with Gasteiger partial charge in [-0.2, -0.15) is 26.3 Å². The minimum atomic E-state index is -4.97. The van der Waals surface area contributed by atoms with Crippen molar-refractivity contribution >= 4 is 11.9 Å². The van der Waals surface area contributed by atoms with Gasteiger partial charge in [0.05, 0.1) is 18.3 Å². The number of nitrogens with one attached hydrogen (secondary N) is 1. The second-order valence-electron chi connectivity index (χ2n) is 9.24. The van der Waals surface area contributed by atoms with Crippen molar-refractivity contribution < 1.29 is 50.2 Å². The van der Waals surface area contributed by atoms with Gasteiger partial charge in [0.1, 0.15) is 11.7 Å². The average Bonchev–Trinajstić information content (AvgIpc) is 3.25. The quantitative estimate of drug-likeness (QED) is 0.421. The summed E-state index contributed by atoms with van der Waals surface area (Å²) >= 11 is 0. The van der Waals surface area contributed by atoms with Crippen molar-refractivity contribution in [3.63, 3.8) is 0 Å². The molecule has 0 saturated heterocycles. The first-order valence-electron chi connectivity index (χ1n) is 11.6. The third-order valence-corrected chi connectivity index (χ3v) is 6.07. The summed E-state index contributed by atoms with van der Waals surface area (Å²) < 4.78 is 90.2. The highest BCUT2D eigenvalue weighted by atomic mass is 19.4. The van der Waals surface area contributed by atoms with Gasteiger partial charge < -0.3 is 19.6 Å². The zero-order valence-corrected chi connectivity index (χ0v) is 19.9. The van der Waals surface area contributed by atoms with Gasteiger partial charge in [0.25, 0.3) is 0 Å². The smallest absolute Gasteiger partial charge is 0.451 e. The molecule has 13 heteroatoms. The third kappa shape index (κ3) is 7.24. The molecule has 3 rings (SSSR count). The number of carbonyl (C=O) groups is 2. The first-order chi connectivity index (χ1) is 17.2. The summed E-state index contributed by atoms with van der Waals surface area (Å²) in [5, 5.41) is 11.8. The molecular weight excluding hydrogens is 510 g/mol. The van der Waals surface area contributed by atoms with Crippen molar-refractivity contribution in [2.75, 3.05) is 0 Å². The first-order valence-corrected chi connectivity index (χ1v) is 11.6. The summed E-state index contributed by atoms with van der Waals surface area (Å²) in [5.41, 5.74) is -1.97. The Labute approximate surface area is 208 Å². The van der Waals surface area contributed by atoms with Crippen molar-refractivity contribution in [3.05, 3.63) is 41.3 Å². The fourth-order valence-corrected chi connectivity index (χ4v) is 4.14. The van der Waals surface area contributed by atoms with E-state index in [0.29, 0.717) is 25.3 Å². The van der Waals surface area contributed by atoms with Crippen molar-refractivity contribution in [2.45, 2.75) is 70.6 Å². The van der Waals surface area contributed by atoms with E-state index in [2.05, 4.69) is 10.3 Å². The number of alkyl halides is 6. The molecule has 2 N–H and O–H groups in total. The topological polar surface area (TPSA) is 102 Å². The van der Waals surface area contributed by atoms with Crippen molar-refractivity contribution in [3.8, 4) is 11.5 Å². The van der Waals surface area contributed by atoms with Gasteiger partial charge in [-0.15, -0.1) is 0 Å². The van der Waals surface area contributed by atoms with Gasteiger partial charge in [-0.3, -0.25) is 4.79 Å². The summed E-state index contributed by atoms with van der Waals surface area (Å²) in [7, 11) is 0. The molecule has 3 atom stereocenters. The van der Waals surface area contributed by atoms with E-state index in [1.165, 1.54) is 0 Å². The number of carbonyl (C=O) groups excluding carboxylic acids is 1. The van der Waals surface area contributed by atoms with E-state index in [1.807, 2.05) is 0 Å². The number of carboxylic acid groups (broad SMARTS) is 1. The molecule has 1 aliphatic rings.